The molecule has 0 aromatic heterocycles. The molecule has 14 heteroatoms. The zero-order valence-corrected chi connectivity index (χ0v) is 20.2. The smallest absolute Gasteiger partial charge is 0.254 e. The van der Waals surface area contributed by atoms with Crippen LogP contribution in [0.1, 0.15) is 40.5 Å². The van der Waals surface area contributed by atoms with Gasteiger partial charge in [0.25, 0.3) is 23.6 Å². The van der Waals surface area contributed by atoms with E-state index < -0.39 is 71.7 Å². The van der Waals surface area contributed by atoms with Gasteiger partial charge in [0.15, 0.2) is 0 Å². The molecule has 4 N–H and O–H groups in total. The summed E-state index contributed by atoms with van der Waals surface area (Å²) in [6, 6.07) is -2.16. The van der Waals surface area contributed by atoms with Crippen molar-refractivity contribution in [1.82, 2.24) is 31.1 Å². The Morgan fingerprint density at radius 1 is 0.583 bits per heavy atom. The quantitative estimate of drug-likeness (QED) is 0.176. The van der Waals surface area contributed by atoms with Gasteiger partial charge < -0.3 is 21.3 Å². The van der Waals surface area contributed by atoms with E-state index in [2.05, 4.69) is 21.3 Å². The first-order valence-electron chi connectivity index (χ1n) is 11.1. The van der Waals surface area contributed by atoms with Crippen molar-refractivity contribution in [2.75, 3.05) is 0 Å². The molecular formula is C22H28N6O8. The number of amides is 8. The van der Waals surface area contributed by atoms with Gasteiger partial charge in [-0.15, -0.1) is 0 Å². The lowest BCUT2D eigenvalue weighted by atomic mass is 10.2. The third-order valence-corrected chi connectivity index (χ3v) is 5.27. The number of nitrogens with zero attached hydrogens (tertiary/aromatic N) is 2. The molecule has 14 nitrogen and oxygen atoms in total. The summed E-state index contributed by atoms with van der Waals surface area (Å²) < 4.78 is 0. The van der Waals surface area contributed by atoms with E-state index in [-0.39, 0.29) is 12.8 Å². The predicted molar refractivity (Wildman–Crippen MR) is 122 cm³/mol. The van der Waals surface area contributed by atoms with Crippen LogP contribution < -0.4 is 21.3 Å². The summed E-state index contributed by atoms with van der Waals surface area (Å²) in [5, 5.41) is 9.87. The molecule has 2 aliphatic heterocycles. The highest BCUT2D eigenvalue weighted by Gasteiger charge is 2.34. The van der Waals surface area contributed by atoms with Gasteiger partial charge in [-0.2, -0.15) is 0 Å². The summed E-state index contributed by atoms with van der Waals surface area (Å²) in [6.07, 6.45) is 2.08. The van der Waals surface area contributed by atoms with Crippen LogP contribution in [0.4, 0.5) is 0 Å². The first-order chi connectivity index (χ1) is 16.8. The Bertz CT molecular complexity index is 933. The van der Waals surface area contributed by atoms with Gasteiger partial charge >= 0.3 is 0 Å². The lowest BCUT2D eigenvalue weighted by Crippen LogP contribution is -2.54. The third kappa shape index (κ3) is 7.07. The molecular weight excluding hydrogens is 476 g/mol. The highest BCUT2D eigenvalue weighted by molar-refractivity contribution is 6.15. The molecule has 194 valence electrons. The molecule has 4 atom stereocenters. The van der Waals surface area contributed by atoms with Crippen LogP contribution in [-0.2, 0) is 38.4 Å². The molecule has 4 unspecified atom stereocenters. The second kappa shape index (κ2) is 11.9. The maximum atomic E-state index is 12.3. The second-order valence-corrected chi connectivity index (χ2v) is 8.21. The maximum absolute atomic E-state index is 12.3. The van der Waals surface area contributed by atoms with Gasteiger partial charge in [-0.05, 0) is 27.7 Å². The van der Waals surface area contributed by atoms with E-state index in [0.717, 1.165) is 34.1 Å². The molecule has 0 bridgehead atoms. The Hall–Kier alpha value is -4.36. The first-order valence-corrected chi connectivity index (χ1v) is 11.1. The summed E-state index contributed by atoms with van der Waals surface area (Å²) in [6.45, 7) is 5.68. The number of carbonyl (C=O) groups is 8. The van der Waals surface area contributed by atoms with Crippen molar-refractivity contribution in [2.24, 2.45) is 0 Å². The minimum absolute atomic E-state index is 0.228. The zero-order valence-electron chi connectivity index (χ0n) is 20.2. The number of rotatable bonds is 11. The summed E-state index contributed by atoms with van der Waals surface area (Å²) in [5.41, 5.74) is 0. The minimum atomic E-state index is -1.08. The van der Waals surface area contributed by atoms with Crippen LogP contribution in [-0.4, -0.2) is 81.5 Å². The van der Waals surface area contributed by atoms with E-state index >= 15 is 0 Å². The van der Waals surface area contributed by atoms with Crippen LogP contribution in [0.25, 0.3) is 0 Å². The Balaban J connectivity index is 1.70. The molecule has 0 fully saturated rings. The molecule has 0 saturated carbocycles. The van der Waals surface area contributed by atoms with Crippen molar-refractivity contribution in [1.29, 1.82) is 0 Å². The predicted octanol–water partition coefficient (Wildman–Crippen LogP) is -2.45. The van der Waals surface area contributed by atoms with E-state index in [1.54, 1.807) is 0 Å². The lowest BCUT2D eigenvalue weighted by Gasteiger charge is -2.24. The van der Waals surface area contributed by atoms with Crippen LogP contribution in [0, 0.1) is 0 Å². The largest absolute Gasteiger partial charge is 0.336 e. The van der Waals surface area contributed by atoms with Crippen LogP contribution >= 0.6 is 0 Å². The first kappa shape index (κ1) is 27.9. The molecule has 0 aromatic carbocycles. The molecule has 0 spiro atoms. The maximum Gasteiger partial charge on any atom is 0.254 e. The van der Waals surface area contributed by atoms with E-state index in [1.807, 2.05) is 0 Å². The molecule has 0 radical (unpaired) electrons. The number of nitrogens with one attached hydrogen (secondary N) is 4. The molecule has 0 aliphatic carbocycles. The summed E-state index contributed by atoms with van der Waals surface area (Å²) in [7, 11) is 0. The average molecular weight is 505 g/mol. The van der Waals surface area contributed by atoms with Gasteiger partial charge in [0.1, 0.15) is 12.1 Å². The second-order valence-electron chi connectivity index (χ2n) is 8.21. The summed E-state index contributed by atoms with van der Waals surface area (Å²) in [5.74, 6) is -4.86. The fraction of sp³-hybridized carbons (Fsp3) is 0.455. The number of hydrogen-bond acceptors (Lipinski definition) is 8. The van der Waals surface area contributed by atoms with Gasteiger partial charge in [-0.25, -0.2) is 0 Å². The van der Waals surface area contributed by atoms with E-state index in [1.165, 1.54) is 27.7 Å². The van der Waals surface area contributed by atoms with Crippen LogP contribution in [0.15, 0.2) is 24.3 Å². The van der Waals surface area contributed by atoms with Crippen molar-refractivity contribution < 1.29 is 38.4 Å². The number of imide groups is 2. The summed E-state index contributed by atoms with van der Waals surface area (Å²) in [4.78, 5) is 97.0. The van der Waals surface area contributed by atoms with Crippen molar-refractivity contribution in [2.45, 2.75) is 65.0 Å². The Labute approximate surface area is 206 Å². The Kier molecular flexibility index (Phi) is 9.19. The molecule has 8 amide bonds. The van der Waals surface area contributed by atoms with Crippen molar-refractivity contribution in [3.8, 4) is 0 Å². The van der Waals surface area contributed by atoms with E-state index in [9.17, 15) is 38.4 Å². The van der Waals surface area contributed by atoms with Crippen LogP contribution in [0.3, 0.4) is 0 Å². The van der Waals surface area contributed by atoms with Crippen molar-refractivity contribution >= 4 is 47.3 Å². The van der Waals surface area contributed by atoms with E-state index in [0.29, 0.717) is 0 Å². The zero-order chi connectivity index (χ0) is 27.2. The summed E-state index contributed by atoms with van der Waals surface area (Å²) >= 11 is 0. The highest BCUT2D eigenvalue weighted by atomic mass is 16.2. The topological polar surface area (TPSA) is 191 Å². The van der Waals surface area contributed by atoms with Gasteiger partial charge in [0.05, 0.1) is 12.3 Å². The Morgan fingerprint density at radius 2 is 0.861 bits per heavy atom. The number of hydrogen-bond donors (Lipinski definition) is 4. The third-order valence-electron chi connectivity index (χ3n) is 5.27. The monoisotopic (exact) mass is 504 g/mol. The van der Waals surface area contributed by atoms with Crippen molar-refractivity contribution in [3.05, 3.63) is 24.3 Å². The Morgan fingerprint density at radius 3 is 1.14 bits per heavy atom. The van der Waals surface area contributed by atoms with Gasteiger partial charge in [-0.1, -0.05) is 0 Å². The van der Waals surface area contributed by atoms with Gasteiger partial charge in [-0.3, -0.25) is 48.2 Å². The van der Waals surface area contributed by atoms with Gasteiger partial charge in [0.2, 0.25) is 23.6 Å². The lowest BCUT2D eigenvalue weighted by molar-refractivity contribution is -0.145. The van der Waals surface area contributed by atoms with Crippen LogP contribution in [0.5, 0.6) is 0 Å². The normalized spacial score (nSPS) is 18.1. The standard InChI is InChI=1S/C22H28N6O8/c1-11(27-17(31)7-8-18(27)32)21(35)25-13(3)23-15(29)5-6-16(30)24-14(4)26-22(36)12(2)28-19(33)9-10-20(28)34/h7-14H,5-6H2,1-4H3,(H,23,29)(H,24,30)(H,25,35)(H,26,36). The molecule has 0 aromatic rings. The molecule has 36 heavy (non-hydrogen) atoms. The molecule has 2 rings (SSSR count). The van der Waals surface area contributed by atoms with E-state index in [4.69, 9.17) is 0 Å². The molecule has 2 heterocycles. The highest BCUT2D eigenvalue weighted by Crippen LogP contribution is 2.10. The fourth-order valence-corrected chi connectivity index (χ4v) is 3.42. The SMILES string of the molecule is CC(NC(=O)CCC(=O)NC(C)NC(=O)C(C)N1C(=O)C=CC1=O)NC(=O)C(C)N1C(=O)C=CC1=O. The minimum Gasteiger partial charge on any atom is -0.336 e. The average Bonchev–Trinajstić information content (AvgIpc) is 3.30. The van der Waals surface area contributed by atoms with Gasteiger partial charge in [0, 0.05) is 37.1 Å². The molecule has 2 aliphatic rings. The van der Waals surface area contributed by atoms with Crippen molar-refractivity contribution in [3.63, 3.8) is 0 Å². The molecule has 0 saturated heterocycles. The fourth-order valence-electron chi connectivity index (χ4n) is 3.42. The number of carbonyl (C=O) groups excluding carboxylic acids is 8. The van der Waals surface area contributed by atoms with Crippen LogP contribution in [0.2, 0.25) is 0 Å².